The highest BCUT2D eigenvalue weighted by atomic mass is 35.5. The average Bonchev–Trinajstić information content (AvgIpc) is 2.40. The number of methoxy groups -OCH3 is 1. The van der Waals surface area contributed by atoms with Gasteiger partial charge in [-0.05, 0) is 18.6 Å². The Hall–Kier alpha value is -1.37. The number of rotatable bonds is 8. The van der Waals surface area contributed by atoms with E-state index in [4.69, 9.17) is 26.8 Å². The number of hydrogen-bond acceptors (Lipinski definition) is 5. The van der Waals surface area contributed by atoms with Crippen LogP contribution in [0.15, 0.2) is 12.1 Å². The SMILES string of the molecule is COCCOCCCNC(=O)c1nc(N)ccc1Cl. The minimum absolute atomic E-state index is 0.141. The molecule has 1 amide bonds. The molecule has 0 aliphatic rings. The fourth-order valence-electron chi connectivity index (χ4n) is 1.32. The molecule has 0 aliphatic heterocycles. The fourth-order valence-corrected chi connectivity index (χ4v) is 1.51. The lowest BCUT2D eigenvalue weighted by Gasteiger charge is -2.07. The molecule has 1 aromatic rings. The summed E-state index contributed by atoms with van der Waals surface area (Å²) in [6, 6.07) is 3.09. The molecule has 0 saturated carbocycles. The van der Waals surface area contributed by atoms with Gasteiger partial charge < -0.3 is 20.5 Å². The molecule has 0 aliphatic carbocycles. The zero-order valence-corrected chi connectivity index (χ0v) is 11.6. The van der Waals surface area contributed by atoms with E-state index in [1.54, 1.807) is 19.2 Å². The van der Waals surface area contributed by atoms with Gasteiger partial charge in [-0.15, -0.1) is 0 Å². The molecule has 0 radical (unpaired) electrons. The zero-order chi connectivity index (χ0) is 14.1. The number of hydrogen-bond donors (Lipinski definition) is 2. The number of nitrogen functional groups attached to an aromatic ring is 1. The predicted molar refractivity (Wildman–Crippen MR) is 73.3 cm³/mol. The number of aromatic nitrogens is 1. The first-order valence-corrected chi connectivity index (χ1v) is 6.30. The highest BCUT2D eigenvalue weighted by molar-refractivity contribution is 6.33. The van der Waals surface area contributed by atoms with Crippen LogP contribution in [0.2, 0.25) is 5.02 Å². The number of carbonyl (C=O) groups excluding carboxylic acids is 1. The van der Waals surface area contributed by atoms with Crippen molar-refractivity contribution in [1.82, 2.24) is 10.3 Å². The quantitative estimate of drug-likeness (QED) is 0.699. The molecule has 0 bridgehead atoms. The summed E-state index contributed by atoms with van der Waals surface area (Å²) in [7, 11) is 1.62. The van der Waals surface area contributed by atoms with Gasteiger partial charge in [0.1, 0.15) is 11.5 Å². The van der Waals surface area contributed by atoms with Crippen LogP contribution in [0.1, 0.15) is 16.9 Å². The van der Waals surface area contributed by atoms with Crippen LogP contribution in [0.3, 0.4) is 0 Å². The number of nitrogens with one attached hydrogen (secondary N) is 1. The summed E-state index contributed by atoms with van der Waals surface area (Å²) in [4.78, 5) is 15.7. The van der Waals surface area contributed by atoms with E-state index in [0.717, 1.165) is 0 Å². The summed E-state index contributed by atoms with van der Waals surface area (Å²) in [5, 5.41) is 2.99. The Morgan fingerprint density at radius 2 is 2.21 bits per heavy atom. The number of pyridine rings is 1. The molecule has 1 rings (SSSR count). The minimum atomic E-state index is -0.339. The summed E-state index contributed by atoms with van der Waals surface area (Å²) >= 11 is 5.87. The van der Waals surface area contributed by atoms with Crippen LogP contribution in [0.4, 0.5) is 5.82 Å². The van der Waals surface area contributed by atoms with Gasteiger partial charge in [-0.25, -0.2) is 4.98 Å². The molecule has 106 valence electrons. The van der Waals surface area contributed by atoms with Crippen LogP contribution in [-0.2, 0) is 9.47 Å². The molecule has 0 saturated heterocycles. The second-order valence-corrected chi connectivity index (χ2v) is 4.19. The molecular formula is C12H18ClN3O3. The molecule has 7 heteroatoms. The van der Waals surface area contributed by atoms with Gasteiger partial charge in [0, 0.05) is 20.3 Å². The van der Waals surface area contributed by atoms with Crippen molar-refractivity contribution in [2.24, 2.45) is 0 Å². The maximum absolute atomic E-state index is 11.8. The topological polar surface area (TPSA) is 86.5 Å². The number of anilines is 1. The van der Waals surface area contributed by atoms with Gasteiger partial charge in [-0.2, -0.15) is 0 Å². The van der Waals surface area contributed by atoms with Crippen LogP contribution < -0.4 is 11.1 Å². The van der Waals surface area contributed by atoms with Gasteiger partial charge >= 0.3 is 0 Å². The lowest BCUT2D eigenvalue weighted by Crippen LogP contribution is -2.26. The molecule has 3 N–H and O–H groups in total. The van der Waals surface area contributed by atoms with Crippen molar-refractivity contribution in [2.75, 3.05) is 39.2 Å². The Morgan fingerprint density at radius 3 is 2.95 bits per heavy atom. The van der Waals surface area contributed by atoms with E-state index in [9.17, 15) is 4.79 Å². The second kappa shape index (κ2) is 8.68. The first-order valence-electron chi connectivity index (χ1n) is 5.92. The monoisotopic (exact) mass is 287 g/mol. The van der Waals surface area contributed by atoms with E-state index in [1.807, 2.05) is 0 Å². The van der Waals surface area contributed by atoms with Crippen LogP contribution in [-0.4, -0.2) is 44.4 Å². The summed E-state index contributed by atoms with van der Waals surface area (Å²) in [5.74, 6) is -0.0772. The Morgan fingerprint density at radius 1 is 1.42 bits per heavy atom. The van der Waals surface area contributed by atoms with Gasteiger partial charge in [0.05, 0.1) is 18.2 Å². The molecule has 0 unspecified atom stereocenters. The summed E-state index contributed by atoms with van der Waals surface area (Å²) in [5.41, 5.74) is 5.65. The standard InChI is InChI=1S/C12H18ClN3O3/c1-18-7-8-19-6-2-5-15-12(17)11-9(13)3-4-10(14)16-11/h3-4H,2,5-8H2,1H3,(H2,14,16)(H,15,17). The summed E-state index contributed by atoms with van der Waals surface area (Å²) in [6.45, 7) is 2.16. The van der Waals surface area contributed by atoms with Crippen LogP contribution in [0.5, 0.6) is 0 Å². The van der Waals surface area contributed by atoms with Crippen molar-refractivity contribution in [3.05, 3.63) is 22.8 Å². The van der Waals surface area contributed by atoms with Crippen molar-refractivity contribution in [2.45, 2.75) is 6.42 Å². The van der Waals surface area contributed by atoms with Crippen molar-refractivity contribution in [3.8, 4) is 0 Å². The van der Waals surface area contributed by atoms with E-state index in [0.29, 0.717) is 32.8 Å². The molecule has 0 atom stereocenters. The number of nitrogens with two attached hydrogens (primary N) is 1. The lowest BCUT2D eigenvalue weighted by atomic mass is 10.3. The molecule has 1 heterocycles. The van der Waals surface area contributed by atoms with Gasteiger partial charge in [0.15, 0.2) is 0 Å². The number of nitrogens with zero attached hydrogens (tertiary/aromatic N) is 1. The lowest BCUT2D eigenvalue weighted by molar-refractivity contribution is 0.0688. The number of halogens is 1. The first kappa shape index (κ1) is 15.7. The normalized spacial score (nSPS) is 10.4. The maximum atomic E-state index is 11.8. The van der Waals surface area contributed by atoms with Crippen molar-refractivity contribution in [1.29, 1.82) is 0 Å². The molecule has 0 aromatic carbocycles. The number of amides is 1. The Labute approximate surface area is 117 Å². The zero-order valence-electron chi connectivity index (χ0n) is 10.8. The van der Waals surface area contributed by atoms with Gasteiger partial charge in [-0.1, -0.05) is 11.6 Å². The van der Waals surface area contributed by atoms with Gasteiger partial charge in [-0.3, -0.25) is 4.79 Å². The van der Waals surface area contributed by atoms with Crippen molar-refractivity contribution < 1.29 is 14.3 Å². The van der Waals surface area contributed by atoms with Crippen LogP contribution in [0, 0.1) is 0 Å². The third kappa shape index (κ3) is 5.87. The van der Waals surface area contributed by atoms with E-state index in [2.05, 4.69) is 10.3 Å². The highest BCUT2D eigenvalue weighted by Crippen LogP contribution is 2.14. The average molecular weight is 288 g/mol. The van der Waals surface area contributed by atoms with Gasteiger partial charge in [0.25, 0.3) is 5.91 Å². The molecule has 1 aromatic heterocycles. The largest absolute Gasteiger partial charge is 0.384 e. The van der Waals surface area contributed by atoms with Crippen LogP contribution in [0.25, 0.3) is 0 Å². The second-order valence-electron chi connectivity index (χ2n) is 3.78. The Kier molecular flexibility index (Phi) is 7.17. The van der Waals surface area contributed by atoms with Crippen molar-refractivity contribution >= 4 is 23.3 Å². The third-order valence-electron chi connectivity index (χ3n) is 2.27. The van der Waals surface area contributed by atoms with Gasteiger partial charge in [0.2, 0.25) is 0 Å². The predicted octanol–water partition coefficient (Wildman–Crippen LogP) is 1.10. The van der Waals surface area contributed by atoms with E-state index >= 15 is 0 Å². The minimum Gasteiger partial charge on any atom is -0.384 e. The Bertz CT molecular complexity index is 415. The molecule has 0 fully saturated rings. The molecule has 0 spiro atoms. The summed E-state index contributed by atoms with van der Waals surface area (Å²) < 4.78 is 10.1. The third-order valence-corrected chi connectivity index (χ3v) is 2.57. The maximum Gasteiger partial charge on any atom is 0.271 e. The number of ether oxygens (including phenoxy) is 2. The Balaban J connectivity index is 2.26. The van der Waals surface area contributed by atoms with Crippen LogP contribution >= 0.6 is 11.6 Å². The van der Waals surface area contributed by atoms with E-state index < -0.39 is 0 Å². The van der Waals surface area contributed by atoms with E-state index in [1.165, 1.54) is 0 Å². The first-order chi connectivity index (χ1) is 9.15. The van der Waals surface area contributed by atoms with E-state index in [-0.39, 0.29) is 22.4 Å². The highest BCUT2D eigenvalue weighted by Gasteiger charge is 2.11. The molecular weight excluding hydrogens is 270 g/mol. The fraction of sp³-hybridized carbons (Fsp3) is 0.500. The molecule has 19 heavy (non-hydrogen) atoms. The summed E-state index contributed by atoms with van der Waals surface area (Å²) in [6.07, 6.45) is 0.704. The number of carbonyl (C=O) groups is 1. The van der Waals surface area contributed by atoms with Crippen molar-refractivity contribution in [3.63, 3.8) is 0 Å². The smallest absolute Gasteiger partial charge is 0.271 e. The molecule has 6 nitrogen and oxygen atoms in total.